The van der Waals surface area contributed by atoms with Gasteiger partial charge in [-0.15, -0.1) is 11.3 Å². The van der Waals surface area contributed by atoms with Crippen LogP contribution in [-0.2, 0) is 21.5 Å². The van der Waals surface area contributed by atoms with Crippen LogP contribution in [0.4, 0.5) is 0 Å². The molecule has 0 radical (unpaired) electrons. The summed E-state index contributed by atoms with van der Waals surface area (Å²) in [5, 5.41) is 3.25. The van der Waals surface area contributed by atoms with E-state index in [1.54, 1.807) is 11.3 Å². The monoisotopic (exact) mass is 284 g/mol. The van der Waals surface area contributed by atoms with Gasteiger partial charge in [-0.1, -0.05) is 27.7 Å². The second-order valence-electron chi connectivity index (χ2n) is 6.01. The van der Waals surface area contributed by atoms with Crippen LogP contribution in [0.3, 0.4) is 0 Å². The fourth-order valence-electron chi connectivity index (χ4n) is 1.81. The molecule has 0 fully saturated rings. The minimum absolute atomic E-state index is 0.0980. The smallest absolute Gasteiger partial charge is 0.309 e. The molecule has 0 amide bonds. The summed E-state index contributed by atoms with van der Waals surface area (Å²) in [6.07, 6.45) is 0. The Labute approximate surface area is 119 Å². The average Bonchev–Trinajstić information content (AvgIpc) is 2.75. The summed E-state index contributed by atoms with van der Waals surface area (Å²) in [6.45, 7) is 9.81. The summed E-state index contributed by atoms with van der Waals surface area (Å²) in [6, 6.07) is 0. The van der Waals surface area contributed by atoms with Crippen molar-refractivity contribution in [3.63, 3.8) is 0 Å². The Morgan fingerprint density at radius 1 is 1.53 bits per heavy atom. The molecule has 0 saturated heterocycles. The van der Waals surface area contributed by atoms with Gasteiger partial charge in [0.15, 0.2) is 0 Å². The first-order chi connectivity index (χ1) is 8.74. The van der Waals surface area contributed by atoms with Crippen LogP contribution in [0.15, 0.2) is 5.38 Å². The van der Waals surface area contributed by atoms with Crippen LogP contribution in [0.5, 0.6) is 0 Å². The molecule has 1 heterocycles. The predicted molar refractivity (Wildman–Crippen MR) is 78.3 cm³/mol. The zero-order chi connectivity index (χ0) is 14.6. The molecule has 1 aromatic rings. The number of hydrogen-bond acceptors (Lipinski definition) is 5. The maximum absolute atomic E-state index is 11.4. The Kier molecular flexibility index (Phi) is 5.50. The normalized spacial score (nSPS) is 13.6. The highest BCUT2D eigenvalue weighted by Gasteiger charge is 2.19. The molecule has 0 aliphatic heterocycles. The quantitative estimate of drug-likeness (QED) is 0.780. The van der Waals surface area contributed by atoms with Crippen molar-refractivity contribution < 1.29 is 9.53 Å². The SMILES string of the molecule is COC(=O)C(C)CN(C)Cc1csc(C(C)(C)C)n1. The number of ether oxygens (including phenoxy) is 1. The van der Waals surface area contributed by atoms with Gasteiger partial charge in [0.25, 0.3) is 0 Å². The predicted octanol–water partition coefficient (Wildman–Crippen LogP) is 2.68. The summed E-state index contributed by atoms with van der Waals surface area (Å²) >= 11 is 1.70. The lowest BCUT2D eigenvalue weighted by Crippen LogP contribution is -2.29. The summed E-state index contributed by atoms with van der Waals surface area (Å²) in [5.74, 6) is -0.281. The van der Waals surface area contributed by atoms with Gasteiger partial charge in [-0.25, -0.2) is 4.98 Å². The molecular formula is C14H24N2O2S. The van der Waals surface area contributed by atoms with E-state index in [4.69, 9.17) is 4.74 Å². The zero-order valence-electron chi connectivity index (χ0n) is 12.7. The number of rotatable bonds is 5. The third kappa shape index (κ3) is 4.91. The van der Waals surface area contributed by atoms with Crippen LogP contribution < -0.4 is 0 Å². The topological polar surface area (TPSA) is 42.4 Å². The minimum Gasteiger partial charge on any atom is -0.469 e. The van der Waals surface area contributed by atoms with Gasteiger partial charge < -0.3 is 4.74 Å². The maximum atomic E-state index is 11.4. The van der Waals surface area contributed by atoms with Crippen LogP contribution in [0.25, 0.3) is 0 Å². The van der Waals surface area contributed by atoms with Crippen molar-refractivity contribution in [1.82, 2.24) is 9.88 Å². The van der Waals surface area contributed by atoms with Crippen molar-refractivity contribution in [3.8, 4) is 0 Å². The highest BCUT2D eigenvalue weighted by atomic mass is 32.1. The fourth-order valence-corrected chi connectivity index (χ4v) is 2.71. The Bertz CT molecular complexity index is 423. The van der Waals surface area contributed by atoms with E-state index in [-0.39, 0.29) is 17.3 Å². The molecule has 1 rings (SSSR count). The Balaban J connectivity index is 2.55. The van der Waals surface area contributed by atoms with Crippen LogP contribution in [0.2, 0.25) is 0 Å². The highest BCUT2D eigenvalue weighted by Crippen LogP contribution is 2.25. The van der Waals surface area contributed by atoms with Crippen molar-refractivity contribution >= 4 is 17.3 Å². The summed E-state index contributed by atoms with van der Waals surface area (Å²) in [5.41, 5.74) is 1.16. The number of aromatic nitrogens is 1. The van der Waals surface area contributed by atoms with E-state index in [9.17, 15) is 4.79 Å². The number of thiazole rings is 1. The summed E-state index contributed by atoms with van der Waals surface area (Å²) in [4.78, 5) is 18.1. The Morgan fingerprint density at radius 3 is 2.63 bits per heavy atom. The molecule has 0 N–H and O–H groups in total. The Morgan fingerprint density at radius 2 is 2.16 bits per heavy atom. The Hall–Kier alpha value is -0.940. The van der Waals surface area contributed by atoms with Crippen molar-refractivity contribution in [3.05, 3.63) is 16.1 Å². The van der Waals surface area contributed by atoms with E-state index in [1.807, 2.05) is 14.0 Å². The first-order valence-electron chi connectivity index (χ1n) is 6.45. The number of nitrogens with zero attached hydrogens (tertiary/aromatic N) is 2. The summed E-state index contributed by atoms with van der Waals surface area (Å²) in [7, 11) is 3.42. The number of carbonyl (C=O) groups excluding carboxylic acids is 1. The van der Waals surface area contributed by atoms with E-state index in [2.05, 4.69) is 36.0 Å². The lowest BCUT2D eigenvalue weighted by Gasteiger charge is -2.19. The number of carbonyl (C=O) groups is 1. The highest BCUT2D eigenvalue weighted by molar-refractivity contribution is 7.09. The third-order valence-electron chi connectivity index (χ3n) is 2.81. The molecule has 1 aromatic heterocycles. The van der Waals surface area contributed by atoms with E-state index in [0.717, 1.165) is 17.2 Å². The number of esters is 1. The fraction of sp³-hybridized carbons (Fsp3) is 0.714. The van der Waals surface area contributed by atoms with Gasteiger partial charge in [-0.2, -0.15) is 0 Å². The summed E-state index contributed by atoms with van der Waals surface area (Å²) < 4.78 is 4.73. The minimum atomic E-state index is -0.166. The molecule has 1 atom stereocenters. The molecule has 0 aliphatic rings. The van der Waals surface area contributed by atoms with E-state index >= 15 is 0 Å². The van der Waals surface area contributed by atoms with Crippen molar-refractivity contribution in [2.45, 2.75) is 39.7 Å². The van der Waals surface area contributed by atoms with E-state index in [1.165, 1.54) is 7.11 Å². The molecule has 0 aromatic carbocycles. The number of methoxy groups -OCH3 is 1. The van der Waals surface area contributed by atoms with Crippen molar-refractivity contribution in [2.75, 3.05) is 20.7 Å². The van der Waals surface area contributed by atoms with Crippen LogP contribution >= 0.6 is 11.3 Å². The maximum Gasteiger partial charge on any atom is 0.309 e. The van der Waals surface area contributed by atoms with Crippen molar-refractivity contribution in [1.29, 1.82) is 0 Å². The first-order valence-corrected chi connectivity index (χ1v) is 7.33. The zero-order valence-corrected chi connectivity index (χ0v) is 13.5. The average molecular weight is 284 g/mol. The first kappa shape index (κ1) is 16.1. The molecule has 0 spiro atoms. The van der Waals surface area contributed by atoms with Crippen LogP contribution in [-0.4, -0.2) is 36.6 Å². The van der Waals surface area contributed by atoms with Gasteiger partial charge in [-0.05, 0) is 7.05 Å². The van der Waals surface area contributed by atoms with E-state index in [0.29, 0.717) is 6.54 Å². The lowest BCUT2D eigenvalue weighted by atomic mass is 9.98. The molecule has 0 saturated carbocycles. The van der Waals surface area contributed by atoms with Crippen LogP contribution in [0, 0.1) is 5.92 Å². The molecule has 108 valence electrons. The molecule has 1 unspecified atom stereocenters. The van der Waals surface area contributed by atoms with Crippen LogP contribution in [0.1, 0.15) is 38.4 Å². The van der Waals surface area contributed by atoms with Gasteiger partial charge in [0.05, 0.1) is 23.7 Å². The second-order valence-corrected chi connectivity index (χ2v) is 6.87. The van der Waals surface area contributed by atoms with E-state index < -0.39 is 0 Å². The molecule has 5 heteroatoms. The lowest BCUT2D eigenvalue weighted by molar-refractivity contribution is -0.145. The second kappa shape index (κ2) is 6.48. The van der Waals surface area contributed by atoms with Gasteiger partial charge in [0, 0.05) is 23.9 Å². The number of hydrogen-bond donors (Lipinski definition) is 0. The van der Waals surface area contributed by atoms with Gasteiger partial charge in [0.1, 0.15) is 0 Å². The van der Waals surface area contributed by atoms with Gasteiger partial charge in [0.2, 0.25) is 0 Å². The van der Waals surface area contributed by atoms with Crippen molar-refractivity contribution in [2.24, 2.45) is 5.92 Å². The molecule has 0 bridgehead atoms. The molecule has 4 nitrogen and oxygen atoms in total. The molecule has 0 aliphatic carbocycles. The third-order valence-corrected chi connectivity index (χ3v) is 4.13. The van der Waals surface area contributed by atoms with Gasteiger partial charge in [-0.3, -0.25) is 9.69 Å². The standard InChI is InChI=1S/C14H24N2O2S/c1-10(12(17)18-6)7-16(5)8-11-9-19-13(15-11)14(2,3)4/h9-10H,7-8H2,1-6H3. The molecular weight excluding hydrogens is 260 g/mol. The molecule has 19 heavy (non-hydrogen) atoms. The largest absolute Gasteiger partial charge is 0.469 e. The van der Waals surface area contributed by atoms with Gasteiger partial charge >= 0.3 is 5.97 Å².